The van der Waals surface area contributed by atoms with E-state index in [-0.39, 0.29) is 0 Å². The number of aliphatic hydroxyl groups is 3. The van der Waals surface area contributed by atoms with Crippen molar-refractivity contribution in [2.24, 2.45) is 5.73 Å². The molecule has 5 nitrogen and oxygen atoms in total. The maximum atomic E-state index is 9.69. The molecule has 0 heterocycles. The van der Waals surface area contributed by atoms with Crippen LogP contribution >= 0.6 is 0 Å². The van der Waals surface area contributed by atoms with Crippen LogP contribution < -0.4 is 11.1 Å². The van der Waals surface area contributed by atoms with E-state index in [1.165, 1.54) is 0 Å². The lowest BCUT2D eigenvalue weighted by atomic mass is 9.92. The molecule has 1 aromatic rings. The maximum absolute atomic E-state index is 9.69. The molecule has 0 amide bonds. The molecule has 22 heavy (non-hydrogen) atoms. The van der Waals surface area contributed by atoms with Crippen molar-refractivity contribution >= 4 is 0 Å². The highest BCUT2D eigenvalue weighted by atomic mass is 16.3. The van der Waals surface area contributed by atoms with Gasteiger partial charge in [0.05, 0.1) is 18.3 Å². The van der Waals surface area contributed by atoms with E-state index in [4.69, 9.17) is 5.73 Å². The Morgan fingerprint density at radius 3 is 1.77 bits per heavy atom. The van der Waals surface area contributed by atoms with Crippen LogP contribution in [0.2, 0.25) is 0 Å². The Morgan fingerprint density at radius 2 is 1.36 bits per heavy atom. The van der Waals surface area contributed by atoms with Crippen LogP contribution in [0.1, 0.15) is 43.0 Å². The number of aliphatic hydroxyl groups excluding tert-OH is 3. The van der Waals surface area contributed by atoms with Gasteiger partial charge in [-0.1, -0.05) is 12.1 Å². The molecule has 1 rings (SSSR count). The topological polar surface area (TPSA) is 98.7 Å². The van der Waals surface area contributed by atoms with Gasteiger partial charge >= 0.3 is 0 Å². The largest absolute Gasteiger partial charge is 0.393 e. The highest BCUT2D eigenvalue weighted by Gasteiger charge is 2.13. The van der Waals surface area contributed by atoms with E-state index in [0.717, 1.165) is 22.3 Å². The van der Waals surface area contributed by atoms with Gasteiger partial charge in [-0.3, -0.25) is 0 Å². The number of nitrogens with two attached hydrogens (primary N) is 1. The molecule has 0 fully saturated rings. The summed E-state index contributed by atoms with van der Waals surface area (Å²) in [6.45, 7) is 6.82. The first-order valence-electron chi connectivity index (χ1n) is 7.92. The van der Waals surface area contributed by atoms with Crippen molar-refractivity contribution in [2.45, 2.75) is 65.0 Å². The fourth-order valence-electron chi connectivity index (χ4n) is 2.58. The van der Waals surface area contributed by atoms with Gasteiger partial charge in [0, 0.05) is 19.6 Å². The molecular weight excluding hydrogens is 280 g/mol. The molecule has 5 heteroatoms. The Morgan fingerprint density at radius 1 is 0.864 bits per heavy atom. The molecule has 6 N–H and O–H groups in total. The van der Waals surface area contributed by atoms with E-state index in [9.17, 15) is 15.3 Å². The lowest BCUT2D eigenvalue weighted by Gasteiger charge is -2.18. The SMILES string of the molecule is CC(O)CNCc1cc(CC(C)O)c(CC(C)O)cc1CN. The molecule has 0 saturated carbocycles. The van der Waals surface area contributed by atoms with Crippen LogP contribution in [-0.2, 0) is 25.9 Å². The van der Waals surface area contributed by atoms with Crippen molar-refractivity contribution in [2.75, 3.05) is 6.54 Å². The Labute approximate surface area is 133 Å². The van der Waals surface area contributed by atoms with Crippen molar-refractivity contribution in [1.29, 1.82) is 0 Å². The van der Waals surface area contributed by atoms with Crippen molar-refractivity contribution < 1.29 is 15.3 Å². The molecule has 3 unspecified atom stereocenters. The van der Waals surface area contributed by atoms with Crippen molar-refractivity contribution in [1.82, 2.24) is 5.32 Å². The van der Waals surface area contributed by atoms with Crippen LogP contribution in [0, 0.1) is 0 Å². The normalized spacial score (nSPS) is 15.6. The Bertz CT molecular complexity index is 459. The molecular formula is C17H30N2O3. The van der Waals surface area contributed by atoms with Crippen LogP contribution in [0.5, 0.6) is 0 Å². The zero-order valence-electron chi connectivity index (χ0n) is 13.8. The van der Waals surface area contributed by atoms with Crippen LogP contribution in [-0.4, -0.2) is 40.2 Å². The third kappa shape index (κ3) is 6.42. The predicted molar refractivity (Wildman–Crippen MR) is 88.5 cm³/mol. The summed E-state index contributed by atoms with van der Waals surface area (Å²) < 4.78 is 0. The van der Waals surface area contributed by atoms with Crippen molar-refractivity contribution in [3.8, 4) is 0 Å². The molecule has 0 radical (unpaired) electrons. The standard InChI is InChI=1S/C17H30N2O3/c1-11(20)4-14-6-16(8-18)17(10-19-9-13(3)22)7-15(14)5-12(2)21/h6-7,11-13,19-22H,4-5,8-10,18H2,1-3H3. The second-order valence-electron chi connectivity index (χ2n) is 6.18. The smallest absolute Gasteiger partial charge is 0.0636 e. The van der Waals surface area contributed by atoms with Gasteiger partial charge in [-0.2, -0.15) is 0 Å². The van der Waals surface area contributed by atoms with Gasteiger partial charge in [0.25, 0.3) is 0 Å². The molecule has 0 aromatic heterocycles. The molecule has 1 aromatic carbocycles. The minimum absolute atomic E-state index is 0.396. The van der Waals surface area contributed by atoms with Gasteiger partial charge in [-0.15, -0.1) is 0 Å². The average Bonchev–Trinajstić information content (AvgIpc) is 2.39. The first-order valence-corrected chi connectivity index (χ1v) is 7.92. The summed E-state index contributed by atoms with van der Waals surface area (Å²) in [5.74, 6) is 0. The van der Waals surface area contributed by atoms with Gasteiger partial charge in [0.2, 0.25) is 0 Å². The van der Waals surface area contributed by atoms with E-state index in [1.807, 2.05) is 6.07 Å². The van der Waals surface area contributed by atoms with Crippen LogP contribution in [0.3, 0.4) is 0 Å². The lowest BCUT2D eigenvalue weighted by molar-refractivity contribution is 0.188. The zero-order chi connectivity index (χ0) is 16.7. The molecule has 0 spiro atoms. The first-order chi connectivity index (χ1) is 10.3. The molecule has 0 saturated heterocycles. The van der Waals surface area contributed by atoms with Crippen molar-refractivity contribution in [3.63, 3.8) is 0 Å². The second kappa shape index (κ2) is 9.22. The highest BCUT2D eigenvalue weighted by Crippen LogP contribution is 2.21. The Hall–Kier alpha value is -0.980. The minimum Gasteiger partial charge on any atom is -0.393 e. The maximum Gasteiger partial charge on any atom is 0.0636 e. The van der Waals surface area contributed by atoms with E-state index in [0.29, 0.717) is 32.5 Å². The van der Waals surface area contributed by atoms with Gasteiger partial charge in [-0.25, -0.2) is 0 Å². The van der Waals surface area contributed by atoms with E-state index in [2.05, 4.69) is 11.4 Å². The van der Waals surface area contributed by atoms with E-state index < -0.39 is 18.3 Å². The molecule has 3 atom stereocenters. The summed E-state index contributed by atoms with van der Waals surface area (Å²) in [6, 6.07) is 4.09. The monoisotopic (exact) mass is 310 g/mol. The summed E-state index contributed by atoms with van der Waals surface area (Å²) in [5.41, 5.74) is 10.0. The molecule has 0 bridgehead atoms. The number of benzene rings is 1. The fourth-order valence-corrected chi connectivity index (χ4v) is 2.58. The van der Waals surface area contributed by atoms with E-state index >= 15 is 0 Å². The number of hydrogen-bond acceptors (Lipinski definition) is 5. The third-order valence-electron chi connectivity index (χ3n) is 3.53. The lowest BCUT2D eigenvalue weighted by Crippen LogP contribution is -2.25. The van der Waals surface area contributed by atoms with Crippen LogP contribution in [0.25, 0.3) is 0 Å². The molecule has 0 aliphatic carbocycles. The Kier molecular flexibility index (Phi) is 8.00. The molecule has 0 aliphatic rings. The number of rotatable bonds is 9. The van der Waals surface area contributed by atoms with Crippen LogP contribution in [0.15, 0.2) is 12.1 Å². The van der Waals surface area contributed by atoms with Gasteiger partial charge in [0.15, 0.2) is 0 Å². The second-order valence-corrected chi connectivity index (χ2v) is 6.18. The minimum atomic E-state index is -0.435. The number of nitrogens with one attached hydrogen (secondary N) is 1. The fraction of sp³-hybridized carbons (Fsp3) is 0.647. The summed E-state index contributed by atoms with van der Waals surface area (Å²) in [5, 5.41) is 31.9. The quantitative estimate of drug-likeness (QED) is 0.456. The zero-order valence-corrected chi connectivity index (χ0v) is 13.8. The molecule has 126 valence electrons. The average molecular weight is 310 g/mol. The van der Waals surface area contributed by atoms with Crippen LogP contribution in [0.4, 0.5) is 0 Å². The third-order valence-corrected chi connectivity index (χ3v) is 3.53. The van der Waals surface area contributed by atoms with Gasteiger partial charge in [-0.05, 0) is 55.9 Å². The summed E-state index contributed by atoms with van der Waals surface area (Å²) in [7, 11) is 0. The van der Waals surface area contributed by atoms with E-state index in [1.54, 1.807) is 20.8 Å². The Balaban J connectivity index is 3.04. The molecule has 0 aliphatic heterocycles. The predicted octanol–water partition coefficient (Wildman–Crippen LogP) is 0.462. The van der Waals surface area contributed by atoms with Crippen molar-refractivity contribution in [3.05, 3.63) is 34.4 Å². The highest BCUT2D eigenvalue weighted by molar-refractivity contribution is 5.39. The first kappa shape index (κ1) is 19.1. The number of hydrogen-bond donors (Lipinski definition) is 5. The summed E-state index contributed by atoms with van der Waals surface area (Å²) in [4.78, 5) is 0. The summed E-state index contributed by atoms with van der Waals surface area (Å²) in [6.07, 6.45) is -0.160. The van der Waals surface area contributed by atoms with Gasteiger partial charge < -0.3 is 26.4 Å². The van der Waals surface area contributed by atoms with Gasteiger partial charge in [0.1, 0.15) is 0 Å². The summed E-state index contributed by atoms with van der Waals surface area (Å²) >= 11 is 0.